The van der Waals surface area contributed by atoms with Crippen LogP contribution in [0.15, 0.2) is 42.7 Å². The van der Waals surface area contributed by atoms with Gasteiger partial charge in [-0.1, -0.05) is 18.2 Å². The van der Waals surface area contributed by atoms with Gasteiger partial charge in [-0.25, -0.2) is 0 Å². The zero-order chi connectivity index (χ0) is 16.2. The quantitative estimate of drug-likeness (QED) is 0.724. The van der Waals surface area contributed by atoms with Crippen molar-refractivity contribution in [2.45, 2.75) is 39.7 Å². The maximum atomic E-state index is 12.5. The van der Waals surface area contributed by atoms with Crippen LogP contribution in [0.25, 0.3) is 0 Å². The van der Waals surface area contributed by atoms with Gasteiger partial charge in [0.15, 0.2) is 12.4 Å². The standard InChI is InChI=1S/C20H25N2O.Y/c1-16-7-5-8-17(2)20(16)13-19(23)15-21-10-6-9-18(14-21)22-11-3-4-12-22;/h5-10,14H,3-4,11-13,15H2,1-2H3;/q+1;. The number of anilines is 1. The van der Waals surface area contributed by atoms with Gasteiger partial charge in [-0.3, -0.25) is 4.79 Å². The first-order valence-corrected chi connectivity index (χ1v) is 8.44. The summed E-state index contributed by atoms with van der Waals surface area (Å²) < 4.78 is 2.02. The number of rotatable bonds is 5. The van der Waals surface area contributed by atoms with Crippen LogP contribution in [0.4, 0.5) is 5.69 Å². The van der Waals surface area contributed by atoms with Gasteiger partial charge in [0.2, 0.25) is 12.3 Å². The van der Waals surface area contributed by atoms with E-state index in [0.29, 0.717) is 13.0 Å². The number of carbonyl (C=O) groups is 1. The molecule has 24 heavy (non-hydrogen) atoms. The number of aromatic nitrogens is 1. The summed E-state index contributed by atoms with van der Waals surface area (Å²) in [5.74, 6) is 0.256. The monoisotopic (exact) mass is 398 g/mol. The van der Waals surface area contributed by atoms with Crippen molar-refractivity contribution < 1.29 is 42.1 Å². The molecule has 0 saturated carbocycles. The molecule has 0 spiro atoms. The average molecular weight is 398 g/mol. The molecule has 0 aliphatic carbocycles. The Hall–Kier alpha value is -1.06. The van der Waals surface area contributed by atoms with E-state index in [2.05, 4.69) is 43.1 Å². The molecule has 2 aromatic rings. The Balaban J connectivity index is 0.00000208. The molecule has 3 nitrogen and oxygen atoms in total. The molecule has 1 fully saturated rings. The molecular formula is C20H25N2OY+. The predicted molar refractivity (Wildman–Crippen MR) is 92.7 cm³/mol. The van der Waals surface area contributed by atoms with Crippen molar-refractivity contribution >= 4 is 11.5 Å². The zero-order valence-corrected chi connectivity index (χ0v) is 17.5. The van der Waals surface area contributed by atoms with Crippen LogP contribution in [0, 0.1) is 13.8 Å². The molecule has 1 aromatic heterocycles. The van der Waals surface area contributed by atoms with Crippen LogP contribution in [0.2, 0.25) is 0 Å². The summed E-state index contributed by atoms with van der Waals surface area (Å²) in [7, 11) is 0. The minimum Gasteiger partial charge on any atom is -0.367 e. The molecule has 4 heteroatoms. The summed E-state index contributed by atoms with van der Waals surface area (Å²) in [6.07, 6.45) is 7.14. The van der Waals surface area contributed by atoms with Gasteiger partial charge in [-0.2, -0.15) is 4.57 Å². The van der Waals surface area contributed by atoms with Gasteiger partial charge in [-0.15, -0.1) is 0 Å². The number of hydrogen-bond donors (Lipinski definition) is 0. The van der Waals surface area contributed by atoms with Crippen LogP contribution in [0.3, 0.4) is 0 Å². The van der Waals surface area contributed by atoms with Gasteiger partial charge in [0.05, 0.1) is 0 Å². The van der Waals surface area contributed by atoms with Crippen LogP contribution in [0.5, 0.6) is 0 Å². The van der Waals surface area contributed by atoms with E-state index in [0.717, 1.165) is 13.1 Å². The predicted octanol–water partition coefficient (Wildman–Crippen LogP) is 3.00. The third-order valence-electron chi connectivity index (χ3n) is 4.69. The molecule has 1 aliphatic heterocycles. The SMILES string of the molecule is Cc1cccc(C)c1CC(=O)C[n+]1cccc(N2CCCC2)c1.[Y]. The third-order valence-corrected chi connectivity index (χ3v) is 4.69. The molecule has 1 radical (unpaired) electrons. The summed E-state index contributed by atoms with van der Waals surface area (Å²) in [6.45, 7) is 6.85. The van der Waals surface area contributed by atoms with Crippen molar-refractivity contribution in [2.24, 2.45) is 0 Å². The maximum Gasteiger partial charge on any atom is 0.206 e. The number of pyridine rings is 1. The molecule has 123 valence electrons. The summed E-state index contributed by atoms with van der Waals surface area (Å²) in [5.41, 5.74) is 4.81. The zero-order valence-electron chi connectivity index (χ0n) is 14.7. The van der Waals surface area contributed by atoms with Crippen molar-refractivity contribution in [3.05, 3.63) is 59.4 Å². The summed E-state index contributed by atoms with van der Waals surface area (Å²) in [4.78, 5) is 14.9. The molecule has 1 aromatic carbocycles. The number of ketones is 1. The third kappa shape index (κ3) is 4.74. The fourth-order valence-electron chi connectivity index (χ4n) is 3.35. The first-order chi connectivity index (χ1) is 11.1. The van der Waals surface area contributed by atoms with Gasteiger partial charge in [-0.05, 0) is 49.4 Å². The second-order valence-corrected chi connectivity index (χ2v) is 6.51. The molecule has 1 aliphatic rings. The van der Waals surface area contributed by atoms with Crippen LogP contribution >= 0.6 is 0 Å². The van der Waals surface area contributed by atoms with Crippen molar-refractivity contribution in [1.82, 2.24) is 0 Å². The van der Waals surface area contributed by atoms with Crippen molar-refractivity contribution in [1.29, 1.82) is 0 Å². The van der Waals surface area contributed by atoms with Crippen LogP contribution in [-0.4, -0.2) is 18.9 Å². The first kappa shape index (κ1) is 19.3. The average Bonchev–Trinajstić information content (AvgIpc) is 3.06. The fourth-order valence-corrected chi connectivity index (χ4v) is 3.35. The van der Waals surface area contributed by atoms with E-state index in [-0.39, 0.29) is 38.5 Å². The fraction of sp³-hybridized carbons (Fsp3) is 0.400. The van der Waals surface area contributed by atoms with E-state index < -0.39 is 0 Å². The summed E-state index contributed by atoms with van der Waals surface area (Å²) in [6, 6.07) is 10.4. The van der Waals surface area contributed by atoms with Crippen molar-refractivity contribution in [2.75, 3.05) is 18.0 Å². The number of carbonyl (C=O) groups excluding carboxylic acids is 1. The molecule has 3 rings (SSSR count). The van der Waals surface area contributed by atoms with E-state index in [1.54, 1.807) is 0 Å². The Kier molecular flexibility index (Phi) is 7.12. The van der Waals surface area contributed by atoms with Gasteiger partial charge in [0.25, 0.3) is 0 Å². The molecule has 0 atom stereocenters. The molecule has 2 heterocycles. The Morgan fingerprint density at radius 3 is 2.42 bits per heavy atom. The number of hydrogen-bond acceptors (Lipinski definition) is 2. The number of Topliss-reactive ketones (excluding diaryl/α,β-unsaturated/α-hetero) is 1. The number of nitrogens with zero attached hydrogens (tertiary/aromatic N) is 2. The summed E-state index contributed by atoms with van der Waals surface area (Å²) >= 11 is 0. The van der Waals surface area contributed by atoms with E-state index in [4.69, 9.17) is 0 Å². The molecule has 0 amide bonds. The van der Waals surface area contributed by atoms with Gasteiger partial charge >= 0.3 is 0 Å². The van der Waals surface area contributed by atoms with Crippen LogP contribution < -0.4 is 9.47 Å². The van der Waals surface area contributed by atoms with E-state index in [1.807, 2.05) is 22.9 Å². The second kappa shape index (κ2) is 8.87. The Bertz CT molecular complexity index is 688. The molecular weight excluding hydrogens is 373 g/mol. The van der Waals surface area contributed by atoms with Crippen LogP contribution in [-0.2, 0) is 50.5 Å². The van der Waals surface area contributed by atoms with E-state index >= 15 is 0 Å². The van der Waals surface area contributed by atoms with Gasteiger partial charge in [0, 0.05) is 58.3 Å². The molecule has 1 saturated heterocycles. The van der Waals surface area contributed by atoms with Gasteiger partial charge < -0.3 is 4.90 Å². The largest absolute Gasteiger partial charge is 0.367 e. The minimum atomic E-state index is 0. The number of aryl methyl sites for hydroxylation is 2. The van der Waals surface area contributed by atoms with E-state index in [1.165, 1.54) is 35.2 Å². The molecule has 0 unspecified atom stereocenters. The first-order valence-electron chi connectivity index (χ1n) is 8.44. The number of benzene rings is 1. The van der Waals surface area contributed by atoms with Crippen LogP contribution in [0.1, 0.15) is 29.5 Å². The topological polar surface area (TPSA) is 24.2 Å². The van der Waals surface area contributed by atoms with E-state index in [9.17, 15) is 4.79 Å². The van der Waals surface area contributed by atoms with Crippen molar-refractivity contribution in [3.8, 4) is 0 Å². The Labute approximate surface area is 170 Å². The smallest absolute Gasteiger partial charge is 0.206 e. The molecule has 0 N–H and O–H groups in total. The minimum absolute atomic E-state index is 0. The van der Waals surface area contributed by atoms with Crippen molar-refractivity contribution in [3.63, 3.8) is 0 Å². The maximum absolute atomic E-state index is 12.5. The normalized spacial score (nSPS) is 13.7. The Morgan fingerprint density at radius 1 is 1.08 bits per heavy atom. The van der Waals surface area contributed by atoms with Gasteiger partial charge in [0.1, 0.15) is 5.69 Å². The Morgan fingerprint density at radius 2 is 1.75 bits per heavy atom. The summed E-state index contributed by atoms with van der Waals surface area (Å²) in [5, 5.41) is 0. The molecule has 0 bridgehead atoms. The second-order valence-electron chi connectivity index (χ2n) is 6.51.